The zero-order valence-electron chi connectivity index (χ0n) is 9.19. The summed E-state index contributed by atoms with van der Waals surface area (Å²) in [5.41, 5.74) is 2.92. The molecule has 1 heterocycles. The fourth-order valence-corrected chi connectivity index (χ4v) is 2.32. The second kappa shape index (κ2) is 3.35. The predicted molar refractivity (Wildman–Crippen MR) is 63.5 cm³/mol. The van der Waals surface area contributed by atoms with Crippen LogP contribution in [0.4, 0.5) is 0 Å². The monoisotopic (exact) mass is 230 g/mol. The van der Waals surface area contributed by atoms with E-state index in [2.05, 4.69) is 4.98 Å². The van der Waals surface area contributed by atoms with E-state index in [0.717, 1.165) is 22.0 Å². The summed E-state index contributed by atoms with van der Waals surface area (Å²) in [5.74, 6) is 0.700. The van der Waals surface area contributed by atoms with Crippen LogP contribution in [0.3, 0.4) is 0 Å². The quantitative estimate of drug-likeness (QED) is 0.636. The summed E-state index contributed by atoms with van der Waals surface area (Å²) in [6, 6.07) is 3.76. The highest BCUT2D eigenvalue weighted by molar-refractivity contribution is 5.95. The molecule has 0 fully saturated rings. The number of aromatic amines is 1. The maximum absolute atomic E-state index is 10.9. The number of hydrogen-bond acceptors (Lipinski definition) is 3. The van der Waals surface area contributed by atoms with Crippen molar-refractivity contribution in [2.75, 3.05) is 7.11 Å². The molecule has 1 aromatic heterocycles. The molecule has 1 aliphatic rings. The van der Waals surface area contributed by atoms with Gasteiger partial charge in [0, 0.05) is 34.3 Å². The van der Waals surface area contributed by atoms with E-state index in [4.69, 9.17) is 4.74 Å². The molecule has 1 aromatic carbocycles. The summed E-state index contributed by atoms with van der Waals surface area (Å²) in [5, 5.41) is 11.9. The van der Waals surface area contributed by atoms with Crippen molar-refractivity contribution in [1.82, 2.24) is 4.98 Å². The molecule has 0 atom stereocenters. The Bertz CT molecular complexity index is 655. The predicted octanol–water partition coefficient (Wildman–Crippen LogP) is 2.35. The fourth-order valence-electron chi connectivity index (χ4n) is 2.32. The topological polar surface area (TPSA) is 68.2 Å². The van der Waals surface area contributed by atoms with Crippen LogP contribution in [0.1, 0.15) is 11.1 Å². The highest BCUT2D eigenvalue weighted by Crippen LogP contribution is 2.36. The third-order valence-corrected chi connectivity index (χ3v) is 3.08. The number of nitrogens with zero attached hydrogens (tertiary/aromatic N) is 1. The molecule has 0 radical (unpaired) electrons. The Morgan fingerprint density at radius 3 is 3.00 bits per heavy atom. The van der Waals surface area contributed by atoms with Gasteiger partial charge in [-0.15, -0.1) is 0 Å². The Morgan fingerprint density at radius 2 is 2.29 bits per heavy atom. The van der Waals surface area contributed by atoms with Crippen LogP contribution in [0.2, 0.25) is 0 Å². The molecule has 5 nitrogen and oxygen atoms in total. The van der Waals surface area contributed by atoms with Gasteiger partial charge in [-0.05, 0) is 12.1 Å². The average molecular weight is 230 g/mol. The first-order valence-electron chi connectivity index (χ1n) is 5.22. The zero-order valence-corrected chi connectivity index (χ0v) is 9.19. The van der Waals surface area contributed by atoms with Crippen molar-refractivity contribution in [2.24, 2.45) is 0 Å². The van der Waals surface area contributed by atoms with E-state index in [1.165, 1.54) is 0 Å². The number of hydrogen-bond donors (Lipinski definition) is 1. The van der Waals surface area contributed by atoms with Crippen molar-refractivity contribution in [3.05, 3.63) is 45.3 Å². The summed E-state index contributed by atoms with van der Waals surface area (Å²) in [6.45, 7) is 0. The SMILES string of the molecule is COc1ccc2[nH]cc3c2c1CC([N+](=O)[O-])=C3. The van der Waals surface area contributed by atoms with Crippen LogP contribution in [0.25, 0.3) is 17.0 Å². The highest BCUT2D eigenvalue weighted by atomic mass is 16.6. The molecule has 2 aromatic rings. The van der Waals surface area contributed by atoms with Gasteiger partial charge in [-0.2, -0.15) is 0 Å². The lowest BCUT2D eigenvalue weighted by atomic mass is 9.95. The summed E-state index contributed by atoms with van der Waals surface area (Å²) in [4.78, 5) is 13.7. The summed E-state index contributed by atoms with van der Waals surface area (Å²) < 4.78 is 5.27. The first-order chi connectivity index (χ1) is 8.20. The van der Waals surface area contributed by atoms with E-state index in [1.54, 1.807) is 19.4 Å². The average Bonchev–Trinajstić information content (AvgIpc) is 2.74. The van der Waals surface area contributed by atoms with Gasteiger partial charge >= 0.3 is 0 Å². The number of ether oxygens (including phenoxy) is 1. The molecular weight excluding hydrogens is 220 g/mol. The summed E-state index contributed by atoms with van der Waals surface area (Å²) in [7, 11) is 1.58. The summed E-state index contributed by atoms with van der Waals surface area (Å²) >= 11 is 0. The van der Waals surface area contributed by atoms with Crippen LogP contribution in [-0.4, -0.2) is 17.0 Å². The lowest BCUT2D eigenvalue weighted by molar-refractivity contribution is -0.425. The van der Waals surface area contributed by atoms with Crippen LogP contribution in [-0.2, 0) is 6.42 Å². The van der Waals surface area contributed by atoms with Crippen LogP contribution < -0.4 is 4.74 Å². The number of allylic oxidation sites excluding steroid dienone is 1. The molecule has 17 heavy (non-hydrogen) atoms. The van der Waals surface area contributed by atoms with Crippen molar-refractivity contribution in [3.63, 3.8) is 0 Å². The number of aromatic nitrogens is 1. The summed E-state index contributed by atoms with van der Waals surface area (Å²) in [6.07, 6.45) is 3.71. The molecule has 0 aliphatic heterocycles. The Balaban J connectivity index is 2.32. The fraction of sp³-hybridized carbons (Fsp3) is 0.167. The molecule has 86 valence electrons. The second-order valence-corrected chi connectivity index (χ2v) is 3.98. The molecule has 1 aliphatic carbocycles. The number of H-pyrrole nitrogens is 1. The number of nitrogens with one attached hydrogen (secondary N) is 1. The van der Waals surface area contributed by atoms with E-state index in [1.807, 2.05) is 12.1 Å². The minimum Gasteiger partial charge on any atom is -0.496 e. The molecule has 0 unspecified atom stereocenters. The molecule has 5 heteroatoms. The molecule has 3 rings (SSSR count). The van der Waals surface area contributed by atoms with Gasteiger partial charge in [-0.1, -0.05) is 0 Å². The molecule has 0 spiro atoms. The van der Waals surface area contributed by atoms with Crippen LogP contribution in [0.15, 0.2) is 24.0 Å². The lowest BCUT2D eigenvalue weighted by Crippen LogP contribution is -2.07. The Morgan fingerprint density at radius 1 is 1.47 bits per heavy atom. The van der Waals surface area contributed by atoms with Gasteiger partial charge in [-0.3, -0.25) is 10.1 Å². The first kappa shape index (κ1) is 9.89. The van der Waals surface area contributed by atoms with Gasteiger partial charge < -0.3 is 9.72 Å². The van der Waals surface area contributed by atoms with Gasteiger partial charge in [0.05, 0.1) is 18.5 Å². The molecule has 0 saturated heterocycles. The van der Waals surface area contributed by atoms with Crippen molar-refractivity contribution < 1.29 is 9.66 Å². The van der Waals surface area contributed by atoms with E-state index >= 15 is 0 Å². The Labute approximate surface area is 96.9 Å². The van der Waals surface area contributed by atoms with Crippen molar-refractivity contribution in [2.45, 2.75) is 6.42 Å². The molecule has 0 bridgehead atoms. The minimum atomic E-state index is -0.339. The second-order valence-electron chi connectivity index (χ2n) is 3.98. The Hall–Kier alpha value is -2.30. The Kier molecular flexibility index (Phi) is 1.95. The van der Waals surface area contributed by atoms with E-state index < -0.39 is 0 Å². The van der Waals surface area contributed by atoms with Gasteiger partial charge in [0.2, 0.25) is 0 Å². The third kappa shape index (κ3) is 1.32. The minimum absolute atomic E-state index is 0.197. The number of nitro groups is 1. The smallest absolute Gasteiger partial charge is 0.251 e. The van der Waals surface area contributed by atoms with Gasteiger partial charge in [0.15, 0.2) is 0 Å². The van der Waals surface area contributed by atoms with Crippen molar-refractivity contribution >= 4 is 17.0 Å². The number of benzene rings is 1. The third-order valence-electron chi connectivity index (χ3n) is 3.08. The zero-order chi connectivity index (χ0) is 12.0. The van der Waals surface area contributed by atoms with Crippen LogP contribution in [0, 0.1) is 10.1 Å². The number of rotatable bonds is 2. The van der Waals surface area contributed by atoms with Gasteiger partial charge in [-0.25, -0.2) is 0 Å². The van der Waals surface area contributed by atoms with E-state index in [0.29, 0.717) is 12.2 Å². The molecule has 0 amide bonds. The van der Waals surface area contributed by atoms with E-state index in [9.17, 15) is 10.1 Å². The first-order valence-corrected chi connectivity index (χ1v) is 5.22. The maximum Gasteiger partial charge on any atom is 0.251 e. The molecule has 0 saturated carbocycles. The molecular formula is C12H10N2O3. The number of methoxy groups -OCH3 is 1. The normalized spacial score (nSPS) is 13.6. The van der Waals surface area contributed by atoms with Crippen LogP contribution >= 0.6 is 0 Å². The van der Waals surface area contributed by atoms with Crippen LogP contribution in [0.5, 0.6) is 5.75 Å². The van der Waals surface area contributed by atoms with Crippen molar-refractivity contribution in [1.29, 1.82) is 0 Å². The van der Waals surface area contributed by atoms with Gasteiger partial charge in [0.25, 0.3) is 5.70 Å². The van der Waals surface area contributed by atoms with Gasteiger partial charge in [0.1, 0.15) is 5.75 Å². The highest BCUT2D eigenvalue weighted by Gasteiger charge is 2.24. The maximum atomic E-state index is 10.9. The largest absolute Gasteiger partial charge is 0.496 e. The molecule has 1 N–H and O–H groups in total. The lowest BCUT2D eigenvalue weighted by Gasteiger charge is -2.12. The van der Waals surface area contributed by atoms with E-state index in [-0.39, 0.29) is 10.6 Å². The standard InChI is InChI=1S/C12H10N2O3/c1-17-11-3-2-10-12-7(6-13-10)4-8(14(15)16)5-9(11)12/h2-4,6,13H,5H2,1H3. The van der Waals surface area contributed by atoms with Crippen molar-refractivity contribution in [3.8, 4) is 5.75 Å².